The molecule has 2 N–H and O–H groups in total. The van der Waals surface area contributed by atoms with Gasteiger partial charge in [0.05, 0.1) is 17.0 Å². The molecule has 1 heterocycles. The van der Waals surface area contributed by atoms with Gasteiger partial charge in [-0.1, -0.05) is 12.5 Å². The summed E-state index contributed by atoms with van der Waals surface area (Å²) in [5, 5.41) is 11.2. The summed E-state index contributed by atoms with van der Waals surface area (Å²) < 4.78 is 0. The molecule has 0 unspecified atom stereocenters. The summed E-state index contributed by atoms with van der Waals surface area (Å²) in [6.45, 7) is -0.00844. The number of benzene rings is 1. The Bertz CT molecular complexity index is 828. The molecule has 1 aromatic rings. The fourth-order valence-electron chi connectivity index (χ4n) is 2.92. The fourth-order valence-corrected chi connectivity index (χ4v) is 2.92. The molecule has 0 atom stereocenters. The van der Waals surface area contributed by atoms with E-state index in [1.54, 1.807) is 0 Å². The highest BCUT2D eigenvalue weighted by molar-refractivity contribution is 6.12. The van der Waals surface area contributed by atoms with Crippen molar-refractivity contribution in [3.63, 3.8) is 0 Å². The largest absolute Gasteiger partial charge is 0.324 e. The summed E-state index contributed by atoms with van der Waals surface area (Å²) in [7, 11) is 0. The predicted octanol–water partition coefficient (Wildman–Crippen LogP) is 1.33. The summed E-state index contributed by atoms with van der Waals surface area (Å²) >= 11 is 0. The van der Waals surface area contributed by atoms with E-state index in [1.807, 2.05) is 0 Å². The lowest BCUT2D eigenvalue weighted by Crippen LogP contribution is -2.30. The quantitative estimate of drug-likeness (QED) is 0.198. The molecule has 9 nitrogen and oxygen atoms in total. The second kappa shape index (κ2) is 9.65. The van der Waals surface area contributed by atoms with Crippen molar-refractivity contribution in [2.75, 3.05) is 13.1 Å². The molecular formula is C19H21N3O6. The van der Waals surface area contributed by atoms with Crippen LogP contribution in [0.4, 0.5) is 5.69 Å². The Balaban J connectivity index is 1.80. The van der Waals surface area contributed by atoms with Crippen molar-refractivity contribution in [1.82, 2.24) is 4.90 Å². The Morgan fingerprint density at radius 2 is 1.75 bits per heavy atom. The van der Waals surface area contributed by atoms with Gasteiger partial charge in [0.15, 0.2) is 5.78 Å². The van der Waals surface area contributed by atoms with E-state index in [9.17, 15) is 29.3 Å². The van der Waals surface area contributed by atoms with Crippen LogP contribution in [0.2, 0.25) is 0 Å². The number of Topliss-reactive ketones (excluding diaryl/α,β-unsaturated/α-hetero) is 2. The number of unbranched alkanes of at least 4 members (excludes halogenated alkanes) is 2. The number of rotatable bonds is 11. The van der Waals surface area contributed by atoms with E-state index in [2.05, 4.69) is 0 Å². The number of nitrogens with two attached hydrogens (primary N) is 1. The molecule has 0 bridgehead atoms. The first kappa shape index (κ1) is 21.1. The topological polar surface area (TPSA) is 141 Å². The van der Waals surface area contributed by atoms with Crippen LogP contribution in [0.1, 0.15) is 41.6 Å². The number of hydrogen-bond donors (Lipinski definition) is 1. The van der Waals surface area contributed by atoms with E-state index < -0.39 is 10.7 Å². The van der Waals surface area contributed by atoms with Crippen LogP contribution in [0.25, 0.3) is 0 Å². The molecule has 0 aliphatic carbocycles. The third-order valence-corrected chi connectivity index (χ3v) is 4.38. The van der Waals surface area contributed by atoms with Crippen LogP contribution in [-0.4, -0.2) is 46.3 Å². The zero-order chi connectivity index (χ0) is 20.7. The van der Waals surface area contributed by atoms with Crippen molar-refractivity contribution in [3.8, 4) is 0 Å². The van der Waals surface area contributed by atoms with Crippen LogP contribution in [0, 0.1) is 10.1 Å². The van der Waals surface area contributed by atoms with Gasteiger partial charge in [0.1, 0.15) is 5.78 Å². The van der Waals surface area contributed by atoms with Gasteiger partial charge in [0, 0.05) is 37.6 Å². The number of nitrogens with zero attached hydrogens (tertiary/aromatic N) is 2. The van der Waals surface area contributed by atoms with E-state index in [4.69, 9.17) is 5.73 Å². The molecule has 2 amide bonds. The van der Waals surface area contributed by atoms with Crippen LogP contribution >= 0.6 is 0 Å². The van der Waals surface area contributed by atoms with Gasteiger partial charge in [-0.05, 0) is 24.5 Å². The maximum atomic E-state index is 12.1. The number of amides is 2. The van der Waals surface area contributed by atoms with Gasteiger partial charge in [0.2, 0.25) is 0 Å². The smallest absolute Gasteiger partial charge is 0.280 e. The van der Waals surface area contributed by atoms with Gasteiger partial charge < -0.3 is 5.73 Å². The first-order valence-electron chi connectivity index (χ1n) is 8.89. The molecule has 0 radical (unpaired) electrons. The van der Waals surface area contributed by atoms with E-state index in [0.717, 1.165) is 4.90 Å². The number of imide groups is 1. The predicted molar refractivity (Wildman–Crippen MR) is 99.5 cm³/mol. The van der Waals surface area contributed by atoms with Gasteiger partial charge in [-0.3, -0.25) is 34.2 Å². The average Bonchev–Trinajstić information content (AvgIpc) is 2.98. The maximum absolute atomic E-state index is 12.1. The van der Waals surface area contributed by atoms with Gasteiger partial charge in [-0.25, -0.2) is 0 Å². The molecule has 0 saturated carbocycles. The Morgan fingerprint density at radius 1 is 1.07 bits per heavy atom. The summed E-state index contributed by atoms with van der Waals surface area (Å²) in [6.07, 6.45) is 4.66. The SMILES string of the molecule is NCC(=O)c1ccc(CC(=O)CCCCCN2C(=O)C=CC2=O)cc1[N+](=O)[O-]. The lowest BCUT2D eigenvalue weighted by Gasteiger charge is -2.12. The number of ketones is 2. The number of nitro benzene ring substituents is 1. The van der Waals surface area contributed by atoms with Crippen molar-refractivity contribution >= 4 is 29.1 Å². The lowest BCUT2D eigenvalue weighted by atomic mass is 10.00. The molecule has 0 fully saturated rings. The molecule has 148 valence electrons. The molecule has 0 saturated heterocycles. The van der Waals surface area contributed by atoms with Crippen molar-refractivity contribution in [1.29, 1.82) is 0 Å². The average molecular weight is 387 g/mol. The fraction of sp³-hybridized carbons (Fsp3) is 0.368. The highest BCUT2D eigenvalue weighted by atomic mass is 16.6. The minimum Gasteiger partial charge on any atom is -0.324 e. The molecule has 0 spiro atoms. The molecular weight excluding hydrogens is 366 g/mol. The molecule has 9 heteroatoms. The van der Waals surface area contributed by atoms with Crippen molar-refractivity contribution in [2.45, 2.75) is 32.1 Å². The molecule has 2 rings (SSSR count). The molecule has 1 aromatic carbocycles. The van der Waals surface area contributed by atoms with E-state index >= 15 is 0 Å². The zero-order valence-corrected chi connectivity index (χ0v) is 15.3. The van der Waals surface area contributed by atoms with Gasteiger partial charge >= 0.3 is 0 Å². The summed E-state index contributed by atoms with van der Waals surface area (Å²) in [4.78, 5) is 58.2. The van der Waals surface area contributed by atoms with Crippen molar-refractivity contribution < 1.29 is 24.1 Å². The molecule has 0 aromatic heterocycles. The highest BCUT2D eigenvalue weighted by Gasteiger charge is 2.22. The lowest BCUT2D eigenvalue weighted by molar-refractivity contribution is -0.385. The maximum Gasteiger partial charge on any atom is 0.280 e. The summed E-state index contributed by atoms with van der Waals surface area (Å²) in [5.41, 5.74) is 5.30. The van der Waals surface area contributed by atoms with Crippen LogP contribution in [0.15, 0.2) is 30.4 Å². The Labute approximate surface area is 161 Å². The van der Waals surface area contributed by atoms with Gasteiger partial charge in [-0.15, -0.1) is 0 Å². The zero-order valence-electron chi connectivity index (χ0n) is 15.3. The number of carbonyl (C=O) groups is 4. The number of nitro groups is 1. The third kappa shape index (κ3) is 5.40. The molecule has 28 heavy (non-hydrogen) atoms. The van der Waals surface area contributed by atoms with Crippen molar-refractivity contribution in [2.24, 2.45) is 5.73 Å². The van der Waals surface area contributed by atoms with E-state index in [0.29, 0.717) is 31.4 Å². The van der Waals surface area contributed by atoms with Crippen LogP contribution < -0.4 is 5.73 Å². The van der Waals surface area contributed by atoms with Crippen molar-refractivity contribution in [3.05, 3.63) is 51.6 Å². The van der Waals surface area contributed by atoms with E-state index in [1.165, 1.54) is 30.4 Å². The van der Waals surface area contributed by atoms with E-state index in [-0.39, 0.29) is 48.2 Å². The number of carbonyl (C=O) groups excluding carboxylic acids is 4. The van der Waals surface area contributed by atoms with Crippen LogP contribution in [0.3, 0.4) is 0 Å². The molecule has 1 aliphatic rings. The standard InChI is InChI=1S/C19H21N3O6/c20-12-17(24)15-6-5-13(11-16(15)22(27)28)10-14(23)4-2-1-3-9-21-18(25)7-8-19(21)26/h5-8,11H,1-4,9-10,12,20H2. The molecule has 1 aliphatic heterocycles. The summed E-state index contributed by atoms with van der Waals surface area (Å²) in [6, 6.07) is 4.08. The minimum absolute atomic E-state index is 0.0327. The van der Waals surface area contributed by atoms with Crippen LogP contribution in [0.5, 0.6) is 0 Å². The highest BCUT2D eigenvalue weighted by Crippen LogP contribution is 2.21. The van der Waals surface area contributed by atoms with Gasteiger partial charge in [-0.2, -0.15) is 0 Å². The third-order valence-electron chi connectivity index (χ3n) is 4.38. The Kier molecular flexibility index (Phi) is 7.28. The van der Waals surface area contributed by atoms with Crippen LogP contribution in [-0.2, 0) is 20.8 Å². The second-order valence-corrected chi connectivity index (χ2v) is 6.42. The normalized spacial score (nSPS) is 13.2. The Hall–Kier alpha value is -3.20. The first-order valence-corrected chi connectivity index (χ1v) is 8.89. The monoisotopic (exact) mass is 387 g/mol. The Morgan fingerprint density at radius 3 is 2.36 bits per heavy atom. The minimum atomic E-state index is -0.660. The second-order valence-electron chi connectivity index (χ2n) is 6.42. The summed E-state index contributed by atoms with van der Waals surface area (Å²) in [5.74, 6) is -1.25. The van der Waals surface area contributed by atoms with Gasteiger partial charge in [0.25, 0.3) is 17.5 Å². The first-order chi connectivity index (χ1) is 13.3. The number of hydrogen-bond acceptors (Lipinski definition) is 7.